The normalized spacial score (nSPS) is 14.3. The fourth-order valence-electron chi connectivity index (χ4n) is 10.8. The first kappa shape index (κ1) is 35.2. The zero-order valence-electron chi connectivity index (χ0n) is 34.3. The summed E-state index contributed by atoms with van der Waals surface area (Å²) in [5.41, 5.74) is 19.2. The highest BCUT2D eigenvalue weighted by Gasteiger charge is 2.45. The van der Waals surface area contributed by atoms with Crippen LogP contribution >= 0.6 is 11.3 Å². The summed E-state index contributed by atoms with van der Waals surface area (Å²) in [6, 6.07) is 70.3. The predicted octanol–water partition coefficient (Wildman–Crippen LogP) is 16.6. The summed E-state index contributed by atoms with van der Waals surface area (Å²) in [6.45, 7) is 9.68. The van der Waals surface area contributed by atoms with E-state index in [1.54, 1.807) is 0 Å². The molecule has 12 rings (SSSR count). The van der Waals surface area contributed by atoms with Crippen molar-refractivity contribution in [3.05, 3.63) is 210 Å². The molecule has 9 aromatic carbocycles. The standard InChI is InChI=1S/C58H43NS/c1-57(2)51-21-9-7-18-45(51)47-29-30-48-49-35-42(28-31-52(49)58(3,4)56(48)55(47)57)59(40-26-23-37(24-27-40)44-20-12-14-36-13-5-6-17-43(36)44)41-16-11-15-38(33-41)39-25-32-54-50(34-39)46-19-8-10-22-53(46)60-54/h5-35H,1-4H3. The largest absolute Gasteiger partial charge is 0.310 e. The van der Waals surface area contributed by atoms with Crippen LogP contribution in [0.25, 0.3) is 75.5 Å². The van der Waals surface area contributed by atoms with E-state index in [1.807, 2.05) is 11.3 Å². The van der Waals surface area contributed by atoms with Crippen LogP contribution < -0.4 is 4.90 Å². The SMILES string of the molecule is CC1(C)c2ccccc2-c2ccc3c(c21)C(C)(C)c1ccc(N(c2ccc(-c4cccc5ccccc45)cc2)c2cccc(-c4ccc5sc6ccccc6c5c4)c2)cc1-3. The van der Waals surface area contributed by atoms with E-state index >= 15 is 0 Å². The van der Waals surface area contributed by atoms with Crippen molar-refractivity contribution in [3.63, 3.8) is 0 Å². The van der Waals surface area contributed by atoms with Gasteiger partial charge in [-0.3, -0.25) is 0 Å². The number of fused-ring (bicyclic) bond motifs is 11. The molecule has 0 saturated carbocycles. The summed E-state index contributed by atoms with van der Waals surface area (Å²) >= 11 is 1.87. The first-order chi connectivity index (χ1) is 29.3. The molecule has 286 valence electrons. The van der Waals surface area contributed by atoms with Crippen LogP contribution in [-0.2, 0) is 10.8 Å². The van der Waals surface area contributed by atoms with Crippen LogP contribution in [-0.4, -0.2) is 0 Å². The third-order valence-corrected chi connectivity index (χ3v) is 14.8. The van der Waals surface area contributed by atoms with Gasteiger partial charge >= 0.3 is 0 Å². The number of anilines is 3. The van der Waals surface area contributed by atoms with E-state index in [0.717, 1.165) is 17.1 Å². The van der Waals surface area contributed by atoms with Crippen molar-refractivity contribution in [2.45, 2.75) is 38.5 Å². The molecule has 0 fully saturated rings. The molecule has 0 radical (unpaired) electrons. The highest BCUT2D eigenvalue weighted by Crippen LogP contribution is 2.59. The minimum atomic E-state index is -0.150. The molecule has 0 N–H and O–H groups in total. The molecule has 0 unspecified atom stereocenters. The zero-order chi connectivity index (χ0) is 40.3. The molecule has 1 heterocycles. The van der Waals surface area contributed by atoms with E-state index in [1.165, 1.54) is 97.7 Å². The lowest BCUT2D eigenvalue weighted by atomic mass is 9.72. The average molecular weight is 786 g/mol. The lowest BCUT2D eigenvalue weighted by molar-refractivity contribution is 0.601. The van der Waals surface area contributed by atoms with Gasteiger partial charge < -0.3 is 4.90 Å². The quantitative estimate of drug-likeness (QED) is 0.168. The number of hydrogen-bond acceptors (Lipinski definition) is 2. The Morgan fingerprint density at radius 1 is 0.350 bits per heavy atom. The minimum Gasteiger partial charge on any atom is -0.310 e. The highest BCUT2D eigenvalue weighted by atomic mass is 32.1. The monoisotopic (exact) mass is 785 g/mol. The van der Waals surface area contributed by atoms with Gasteiger partial charge in [0, 0.05) is 48.1 Å². The van der Waals surface area contributed by atoms with Gasteiger partial charge in [-0.1, -0.05) is 161 Å². The molecular formula is C58H43NS. The van der Waals surface area contributed by atoms with Gasteiger partial charge in [-0.05, 0) is 132 Å². The number of rotatable bonds is 5. The van der Waals surface area contributed by atoms with Crippen molar-refractivity contribution in [1.29, 1.82) is 0 Å². The van der Waals surface area contributed by atoms with Crippen LogP contribution in [0.3, 0.4) is 0 Å². The summed E-state index contributed by atoms with van der Waals surface area (Å²) in [4.78, 5) is 2.45. The zero-order valence-corrected chi connectivity index (χ0v) is 35.1. The van der Waals surface area contributed by atoms with Crippen LogP contribution in [0.4, 0.5) is 17.1 Å². The fraction of sp³-hybridized carbons (Fsp3) is 0.103. The Hall–Kier alpha value is -6.74. The van der Waals surface area contributed by atoms with E-state index in [-0.39, 0.29) is 10.8 Å². The van der Waals surface area contributed by atoms with Crippen LogP contribution in [0.5, 0.6) is 0 Å². The molecule has 0 saturated heterocycles. The van der Waals surface area contributed by atoms with Crippen LogP contribution in [0.1, 0.15) is 49.9 Å². The fourth-order valence-corrected chi connectivity index (χ4v) is 11.9. The highest BCUT2D eigenvalue weighted by molar-refractivity contribution is 7.25. The van der Waals surface area contributed by atoms with Gasteiger partial charge in [0.2, 0.25) is 0 Å². The second kappa shape index (κ2) is 12.9. The first-order valence-corrected chi connectivity index (χ1v) is 21.9. The van der Waals surface area contributed by atoms with Crippen molar-refractivity contribution in [3.8, 4) is 44.5 Å². The minimum absolute atomic E-state index is 0.0873. The average Bonchev–Trinajstić information content (AvgIpc) is 3.85. The molecule has 1 aromatic heterocycles. The summed E-state index contributed by atoms with van der Waals surface area (Å²) in [5, 5.41) is 5.16. The third kappa shape index (κ3) is 5.11. The molecule has 1 nitrogen and oxygen atoms in total. The predicted molar refractivity (Wildman–Crippen MR) is 258 cm³/mol. The Labute approximate surface area is 355 Å². The second-order valence-corrected chi connectivity index (χ2v) is 18.8. The topological polar surface area (TPSA) is 3.24 Å². The Morgan fingerprint density at radius 2 is 0.933 bits per heavy atom. The summed E-state index contributed by atoms with van der Waals surface area (Å²) < 4.78 is 2.65. The van der Waals surface area contributed by atoms with Crippen LogP contribution in [0.15, 0.2) is 188 Å². The number of benzene rings is 9. The molecule has 0 bridgehead atoms. The van der Waals surface area contributed by atoms with Crippen molar-refractivity contribution in [2.75, 3.05) is 4.90 Å². The van der Waals surface area contributed by atoms with Crippen molar-refractivity contribution >= 4 is 59.3 Å². The Morgan fingerprint density at radius 3 is 1.77 bits per heavy atom. The van der Waals surface area contributed by atoms with Crippen LogP contribution in [0, 0.1) is 0 Å². The maximum Gasteiger partial charge on any atom is 0.0468 e. The second-order valence-electron chi connectivity index (χ2n) is 17.7. The molecule has 2 heteroatoms. The first-order valence-electron chi connectivity index (χ1n) is 21.1. The molecule has 60 heavy (non-hydrogen) atoms. The van der Waals surface area contributed by atoms with E-state index in [9.17, 15) is 0 Å². The summed E-state index contributed by atoms with van der Waals surface area (Å²) in [7, 11) is 0. The number of thiophene rings is 1. The summed E-state index contributed by atoms with van der Waals surface area (Å²) in [5.74, 6) is 0. The molecule has 0 amide bonds. The smallest absolute Gasteiger partial charge is 0.0468 e. The molecule has 0 aliphatic heterocycles. The van der Waals surface area contributed by atoms with Gasteiger partial charge in [0.15, 0.2) is 0 Å². The lowest BCUT2D eigenvalue weighted by Crippen LogP contribution is -2.24. The Balaban J connectivity index is 1.02. The van der Waals surface area contributed by atoms with E-state index in [2.05, 4.69) is 221 Å². The van der Waals surface area contributed by atoms with Gasteiger partial charge in [0.1, 0.15) is 0 Å². The van der Waals surface area contributed by atoms with Crippen molar-refractivity contribution in [1.82, 2.24) is 0 Å². The van der Waals surface area contributed by atoms with Gasteiger partial charge in [-0.15, -0.1) is 11.3 Å². The molecule has 2 aliphatic rings. The van der Waals surface area contributed by atoms with Gasteiger partial charge in [0.05, 0.1) is 0 Å². The van der Waals surface area contributed by atoms with E-state index in [4.69, 9.17) is 0 Å². The Bertz CT molecular complexity index is 3370. The Kier molecular flexibility index (Phi) is 7.56. The van der Waals surface area contributed by atoms with Gasteiger partial charge in [-0.25, -0.2) is 0 Å². The van der Waals surface area contributed by atoms with Crippen molar-refractivity contribution in [2.24, 2.45) is 0 Å². The summed E-state index contributed by atoms with van der Waals surface area (Å²) in [6.07, 6.45) is 0. The molecule has 0 spiro atoms. The maximum absolute atomic E-state index is 2.46. The molecule has 10 aromatic rings. The van der Waals surface area contributed by atoms with Crippen molar-refractivity contribution < 1.29 is 0 Å². The number of nitrogens with zero attached hydrogens (tertiary/aromatic N) is 1. The molecule has 0 atom stereocenters. The maximum atomic E-state index is 2.46. The lowest BCUT2D eigenvalue weighted by Gasteiger charge is -2.31. The third-order valence-electron chi connectivity index (χ3n) is 13.6. The van der Waals surface area contributed by atoms with E-state index < -0.39 is 0 Å². The van der Waals surface area contributed by atoms with Gasteiger partial charge in [-0.2, -0.15) is 0 Å². The molecular weight excluding hydrogens is 743 g/mol. The number of hydrogen-bond donors (Lipinski definition) is 0. The van der Waals surface area contributed by atoms with Crippen LogP contribution in [0.2, 0.25) is 0 Å². The molecule has 2 aliphatic carbocycles. The van der Waals surface area contributed by atoms with Gasteiger partial charge in [0.25, 0.3) is 0 Å². The van der Waals surface area contributed by atoms with E-state index in [0.29, 0.717) is 0 Å².